The van der Waals surface area contributed by atoms with Crippen molar-refractivity contribution in [2.75, 3.05) is 11.0 Å². The summed E-state index contributed by atoms with van der Waals surface area (Å²) in [5.74, 6) is 2.61. The number of sulfonamides is 1. The van der Waals surface area contributed by atoms with Crippen molar-refractivity contribution in [1.29, 1.82) is 0 Å². The standard InChI is InChI=1S/C23H24F2N4O6S/c1-14(30)27-23(2,22(24)25)19(21(32)28-33)26-20(31)17-10-6-15(7-11-17)4-5-16-8-12-18(13-9-16)29-36(3,34)35/h6-13,19,22,29,33H,1-3H3,(H,26,31)(H,27,30)(H,28,32)/t19-,23?/m1/s1. The van der Waals surface area contributed by atoms with Crippen LogP contribution in [0.5, 0.6) is 0 Å². The molecule has 13 heteroatoms. The maximum atomic E-state index is 13.7. The van der Waals surface area contributed by atoms with E-state index in [1.807, 2.05) is 5.32 Å². The fourth-order valence-corrected chi connectivity index (χ4v) is 3.65. The minimum absolute atomic E-state index is 0.00642. The molecule has 0 heterocycles. The van der Waals surface area contributed by atoms with E-state index in [1.54, 1.807) is 24.3 Å². The topological polar surface area (TPSA) is 154 Å². The molecule has 2 aromatic carbocycles. The van der Waals surface area contributed by atoms with Gasteiger partial charge in [0.2, 0.25) is 15.9 Å². The summed E-state index contributed by atoms with van der Waals surface area (Å²) in [5, 5.41) is 13.0. The molecule has 2 atom stereocenters. The molecule has 0 aliphatic rings. The molecule has 0 radical (unpaired) electrons. The van der Waals surface area contributed by atoms with Crippen LogP contribution >= 0.6 is 0 Å². The summed E-state index contributed by atoms with van der Waals surface area (Å²) in [6.07, 6.45) is -2.23. The molecule has 0 aliphatic carbocycles. The molecular weight excluding hydrogens is 498 g/mol. The number of carbonyl (C=O) groups is 3. The Balaban J connectivity index is 2.18. The van der Waals surface area contributed by atoms with Crippen LogP contribution in [0.1, 0.15) is 35.3 Å². The average molecular weight is 523 g/mol. The van der Waals surface area contributed by atoms with Crippen LogP contribution < -0.4 is 20.8 Å². The molecule has 5 N–H and O–H groups in total. The Labute approximate surface area is 206 Å². The molecule has 0 saturated heterocycles. The number of anilines is 1. The summed E-state index contributed by atoms with van der Waals surface area (Å²) in [7, 11) is -3.40. The molecule has 0 bridgehead atoms. The Hall–Kier alpha value is -4.02. The molecule has 2 rings (SSSR count). The fourth-order valence-electron chi connectivity index (χ4n) is 3.08. The third-order valence-corrected chi connectivity index (χ3v) is 5.44. The molecule has 0 fully saturated rings. The fraction of sp³-hybridized carbons (Fsp3) is 0.261. The van der Waals surface area contributed by atoms with E-state index in [4.69, 9.17) is 5.21 Å². The molecule has 0 aromatic heterocycles. The lowest BCUT2D eigenvalue weighted by molar-refractivity contribution is -0.137. The van der Waals surface area contributed by atoms with E-state index in [-0.39, 0.29) is 5.56 Å². The van der Waals surface area contributed by atoms with Gasteiger partial charge in [-0.05, 0) is 55.5 Å². The van der Waals surface area contributed by atoms with E-state index >= 15 is 0 Å². The molecule has 0 saturated carbocycles. The first kappa shape index (κ1) is 28.2. The van der Waals surface area contributed by atoms with Gasteiger partial charge >= 0.3 is 0 Å². The van der Waals surface area contributed by atoms with Gasteiger partial charge < -0.3 is 10.6 Å². The Kier molecular flexibility index (Phi) is 9.10. The predicted molar refractivity (Wildman–Crippen MR) is 127 cm³/mol. The van der Waals surface area contributed by atoms with Crippen LogP contribution in [0.2, 0.25) is 0 Å². The highest BCUT2D eigenvalue weighted by atomic mass is 32.2. The normalized spacial score (nSPS) is 13.4. The number of hydroxylamine groups is 1. The molecule has 36 heavy (non-hydrogen) atoms. The predicted octanol–water partition coefficient (Wildman–Crippen LogP) is 1.22. The summed E-state index contributed by atoms with van der Waals surface area (Å²) < 4.78 is 52.3. The SMILES string of the molecule is CC(=O)NC(C)(C(F)F)[C@H](NC(=O)c1ccc(C#Cc2ccc(NS(C)(=O)=O)cc2)cc1)C(=O)NO. The van der Waals surface area contributed by atoms with Crippen LogP contribution in [0.3, 0.4) is 0 Å². The van der Waals surface area contributed by atoms with Crippen LogP contribution in [0, 0.1) is 11.8 Å². The van der Waals surface area contributed by atoms with Crippen molar-refractivity contribution in [1.82, 2.24) is 16.1 Å². The molecule has 0 aliphatic heterocycles. The third kappa shape index (κ3) is 7.76. The summed E-state index contributed by atoms with van der Waals surface area (Å²) in [4.78, 5) is 36.1. The second-order valence-electron chi connectivity index (χ2n) is 7.93. The number of hydrogen-bond acceptors (Lipinski definition) is 6. The van der Waals surface area contributed by atoms with Crippen molar-refractivity contribution >= 4 is 33.4 Å². The van der Waals surface area contributed by atoms with E-state index in [0.29, 0.717) is 16.8 Å². The summed E-state index contributed by atoms with van der Waals surface area (Å²) in [6.45, 7) is 1.83. The molecular formula is C23H24F2N4O6S. The molecule has 10 nitrogen and oxygen atoms in total. The van der Waals surface area contributed by atoms with Gasteiger partial charge in [0.1, 0.15) is 11.6 Å². The van der Waals surface area contributed by atoms with Crippen molar-refractivity contribution in [3.05, 3.63) is 65.2 Å². The lowest BCUT2D eigenvalue weighted by atomic mass is 9.91. The highest BCUT2D eigenvalue weighted by Gasteiger charge is 2.48. The maximum Gasteiger partial charge on any atom is 0.268 e. The van der Waals surface area contributed by atoms with Gasteiger partial charge in [-0.2, -0.15) is 0 Å². The van der Waals surface area contributed by atoms with Crippen LogP contribution in [-0.4, -0.2) is 55.6 Å². The highest BCUT2D eigenvalue weighted by molar-refractivity contribution is 7.92. The number of halogens is 2. The zero-order valence-corrected chi connectivity index (χ0v) is 20.2. The van der Waals surface area contributed by atoms with Crippen LogP contribution in [0.25, 0.3) is 0 Å². The van der Waals surface area contributed by atoms with E-state index in [2.05, 4.69) is 21.9 Å². The van der Waals surface area contributed by atoms with Gasteiger partial charge in [-0.25, -0.2) is 22.7 Å². The Morgan fingerprint density at radius 3 is 1.89 bits per heavy atom. The van der Waals surface area contributed by atoms with Crippen molar-refractivity contribution in [3.63, 3.8) is 0 Å². The lowest BCUT2D eigenvalue weighted by Crippen LogP contribution is -2.68. The quantitative estimate of drug-likeness (QED) is 0.200. The van der Waals surface area contributed by atoms with E-state index < -0.39 is 45.8 Å². The van der Waals surface area contributed by atoms with Crippen molar-refractivity contribution < 1.29 is 36.8 Å². The second-order valence-corrected chi connectivity index (χ2v) is 9.67. The first-order chi connectivity index (χ1) is 16.7. The lowest BCUT2D eigenvalue weighted by Gasteiger charge is -2.36. The largest absolute Gasteiger partial charge is 0.343 e. The number of hydrogen-bond donors (Lipinski definition) is 5. The second kappa shape index (κ2) is 11.6. The Morgan fingerprint density at radius 1 is 0.972 bits per heavy atom. The first-order valence-electron chi connectivity index (χ1n) is 10.3. The van der Waals surface area contributed by atoms with Gasteiger partial charge in [-0.15, -0.1) is 0 Å². The van der Waals surface area contributed by atoms with Crippen molar-refractivity contribution in [2.24, 2.45) is 0 Å². The van der Waals surface area contributed by atoms with Gasteiger partial charge in [-0.3, -0.25) is 24.3 Å². The highest BCUT2D eigenvalue weighted by Crippen LogP contribution is 2.21. The molecule has 3 amide bonds. The first-order valence-corrected chi connectivity index (χ1v) is 12.2. The Morgan fingerprint density at radius 2 is 1.47 bits per heavy atom. The minimum atomic E-state index is -3.40. The van der Waals surface area contributed by atoms with E-state index in [9.17, 15) is 31.6 Å². The smallest absolute Gasteiger partial charge is 0.268 e. The molecule has 2 aromatic rings. The molecule has 1 unspecified atom stereocenters. The van der Waals surface area contributed by atoms with Crippen molar-refractivity contribution in [3.8, 4) is 11.8 Å². The molecule has 0 spiro atoms. The summed E-state index contributed by atoms with van der Waals surface area (Å²) in [5.41, 5.74) is 0.202. The maximum absolute atomic E-state index is 13.7. The molecule has 192 valence electrons. The number of nitrogens with one attached hydrogen (secondary N) is 4. The number of rotatable bonds is 8. The summed E-state index contributed by atoms with van der Waals surface area (Å²) >= 11 is 0. The number of amides is 3. The third-order valence-electron chi connectivity index (χ3n) is 4.83. The Bertz CT molecular complexity index is 1290. The van der Waals surface area contributed by atoms with Gasteiger partial charge in [-0.1, -0.05) is 11.8 Å². The van der Waals surface area contributed by atoms with Crippen LogP contribution in [-0.2, 0) is 19.6 Å². The van der Waals surface area contributed by atoms with E-state index in [0.717, 1.165) is 20.1 Å². The van der Waals surface area contributed by atoms with E-state index in [1.165, 1.54) is 29.7 Å². The monoisotopic (exact) mass is 522 g/mol. The van der Waals surface area contributed by atoms with Gasteiger partial charge in [0.05, 0.1) is 6.26 Å². The number of alkyl halides is 2. The van der Waals surface area contributed by atoms with Gasteiger partial charge in [0.15, 0.2) is 0 Å². The van der Waals surface area contributed by atoms with Gasteiger partial charge in [0.25, 0.3) is 18.2 Å². The zero-order valence-electron chi connectivity index (χ0n) is 19.4. The van der Waals surface area contributed by atoms with Crippen LogP contribution in [0.15, 0.2) is 48.5 Å². The minimum Gasteiger partial charge on any atom is -0.343 e. The van der Waals surface area contributed by atoms with Crippen LogP contribution in [0.4, 0.5) is 14.5 Å². The number of carbonyl (C=O) groups excluding carboxylic acids is 3. The summed E-state index contributed by atoms with van der Waals surface area (Å²) in [6, 6.07) is 10.0. The van der Waals surface area contributed by atoms with Crippen molar-refractivity contribution in [2.45, 2.75) is 31.9 Å². The average Bonchev–Trinajstić information content (AvgIpc) is 2.80. The number of benzene rings is 2. The zero-order chi connectivity index (χ0) is 27.1. The van der Waals surface area contributed by atoms with Gasteiger partial charge in [0, 0.05) is 29.3 Å².